The van der Waals surface area contributed by atoms with Gasteiger partial charge in [-0.15, -0.1) is 0 Å². The molecule has 1 rings (SSSR count). The molecule has 2 unspecified atom stereocenters. The van der Waals surface area contributed by atoms with Crippen molar-refractivity contribution in [3.8, 4) is 0 Å². The predicted octanol–water partition coefficient (Wildman–Crippen LogP) is 0.570. The number of hydrogen-bond acceptors (Lipinski definition) is 2. The smallest absolute Gasteiger partial charge is 0.246 e. The van der Waals surface area contributed by atoms with E-state index in [9.17, 15) is 9.59 Å². The molecule has 0 spiro atoms. The molecule has 4 heteroatoms. The van der Waals surface area contributed by atoms with Crippen LogP contribution < -0.4 is 10.6 Å². The molecule has 0 aliphatic carbocycles. The predicted molar refractivity (Wildman–Crippen MR) is 53.7 cm³/mol. The van der Waals surface area contributed by atoms with E-state index in [4.69, 9.17) is 0 Å². The van der Waals surface area contributed by atoms with E-state index in [-0.39, 0.29) is 11.8 Å². The Morgan fingerprint density at radius 2 is 1.21 bits per heavy atom. The molecule has 14 heavy (non-hydrogen) atoms. The lowest BCUT2D eigenvalue weighted by atomic mass is 9.87. The molecule has 1 aliphatic heterocycles. The molecular formula is C10H18N2O2. The molecular weight excluding hydrogens is 180 g/mol. The Balaban J connectivity index is 2.93. The SMILES string of the molecule is CCC1(C)NC(=O)C(C)(CC)NC1=O. The monoisotopic (exact) mass is 198 g/mol. The van der Waals surface area contributed by atoms with Crippen LogP contribution in [0, 0.1) is 0 Å². The van der Waals surface area contributed by atoms with Gasteiger partial charge < -0.3 is 10.6 Å². The number of amides is 2. The van der Waals surface area contributed by atoms with E-state index < -0.39 is 11.1 Å². The molecule has 0 aromatic rings. The summed E-state index contributed by atoms with van der Waals surface area (Å²) in [5.74, 6) is -0.187. The zero-order valence-corrected chi connectivity index (χ0v) is 9.23. The number of carbonyl (C=O) groups is 2. The van der Waals surface area contributed by atoms with E-state index in [1.54, 1.807) is 13.8 Å². The quantitative estimate of drug-likeness (QED) is 0.681. The van der Waals surface area contributed by atoms with Gasteiger partial charge in [-0.05, 0) is 26.7 Å². The minimum atomic E-state index is -0.744. The molecule has 2 atom stereocenters. The van der Waals surface area contributed by atoms with Crippen molar-refractivity contribution in [2.45, 2.75) is 51.6 Å². The maximum Gasteiger partial charge on any atom is 0.246 e. The lowest BCUT2D eigenvalue weighted by molar-refractivity contribution is -0.145. The van der Waals surface area contributed by atoms with Gasteiger partial charge in [0.05, 0.1) is 0 Å². The molecule has 1 fully saturated rings. The topological polar surface area (TPSA) is 58.2 Å². The average molecular weight is 198 g/mol. The van der Waals surface area contributed by atoms with Crippen LogP contribution in [-0.4, -0.2) is 22.9 Å². The van der Waals surface area contributed by atoms with Crippen molar-refractivity contribution in [2.75, 3.05) is 0 Å². The number of nitrogens with one attached hydrogen (secondary N) is 2. The average Bonchev–Trinajstić information content (AvgIpc) is 2.15. The summed E-state index contributed by atoms with van der Waals surface area (Å²) in [7, 11) is 0. The second-order valence-electron chi connectivity index (χ2n) is 4.28. The third-order valence-electron chi connectivity index (χ3n) is 3.20. The number of carbonyl (C=O) groups excluding carboxylic acids is 2. The van der Waals surface area contributed by atoms with Crippen molar-refractivity contribution in [3.63, 3.8) is 0 Å². The summed E-state index contributed by atoms with van der Waals surface area (Å²) in [6.07, 6.45) is 1.20. The highest BCUT2D eigenvalue weighted by Crippen LogP contribution is 2.21. The third-order valence-corrected chi connectivity index (χ3v) is 3.20. The number of hydrogen-bond donors (Lipinski definition) is 2. The van der Waals surface area contributed by atoms with Crippen molar-refractivity contribution in [1.29, 1.82) is 0 Å². The largest absolute Gasteiger partial charge is 0.340 e. The Labute approximate surface area is 84.4 Å². The molecule has 0 bridgehead atoms. The third kappa shape index (κ3) is 1.49. The molecule has 0 radical (unpaired) electrons. The Kier molecular flexibility index (Phi) is 2.56. The van der Waals surface area contributed by atoms with Crippen molar-refractivity contribution in [3.05, 3.63) is 0 Å². The lowest BCUT2D eigenvalue weighted by Crippen LogP contribution is -2.72. The van der Waals surface area contributed by atoms with Gasteiger partial charge in [0.25, 0.3) is 0 Å². The number of rotatable bonds is 2. The fraction of sp³-hybridized carbons (Fsp3) is 0.800. The summed E-state index contributed by atoms with van der Waals surface area (Å²) in [6.45, 7) is 7.26. The van der Waals surface area contributed by atoms with E-state index in [1.165, 1.54) is 0 Å². The summed E-state index contributed by atoms with van der Waals surface area (Å²) in [4.78, 5) is 23.5. The highest BCUT2D eigenvalue weighted by Gasteiger charge is 2.46. The van der Waals surface area contributed by atoms with Gasteiger partial charge in [-0.3, -0.25) is 9.59 Å². The Hall–Kier alpha value is -1.06. The maximum atomic E-state index is 11.7. The van der Waals surface area contributed by atoms with Crippen LogP contribution in [0.15, 0.2) is 0 Å². The molecule has 1 saturated heterocycles. The zero-order valence-electron chi connectivity index (χ0n) is 9.23. The van der Waals surface area contributed by atoms with E-state index in [2.05, 4.69) is 10.6 Å². The van der Waals surface area contributed by atoms with Crippen LogP contribution >= 0.6 is 0 Å². The highest BCUT2D eigenvalue weighted by atomic mass is 16.2. The van der Waals surface area contributed by atoms with E-state index in [1.807, 2.05) is 13.8 Å². The van der Waals surface area contributed by atoms with Crippen LogP contribution in [0.4, 0.5) is 0 Å². The first kappa shape index (κ1) is 11.0. The Morgan fingerprint density at radius 1 is 0.929 bits per heavy atom. The summed E-state index contributed by atoms with van der Waals surface area (Å²) in [5.41, 5.74) is -1.49. The lowest BCUT2D eigenvalue weighted by Gasteiger charge is -2.42. The number of piperazine rings is 1. The van der Waals surface area contributed by atoms with E-state index >= 15 is 0 Å². The minimum Gasteiger partial charge on any atom is -0.340 e. The molecule has 80 valence electrons. The van der Waals surface area contributed by atoms with Crippen molar-refractivity contribution in [2.24, 2.45) is 0 Å². The molecule has 4 nitrogen and oxygen atoms in total. The van der Waals surface area contributed by atoms with Crippen LogP contribution in [0.25, 0.3) is 0 Å². The van der Waals surface area contributed by atoms with Crippen molar-refractivity contribution >= 4 is 11.8 Å². The van der Waals surface area contributed by atoms with Crippen LogP contribution in [0.5, 0.6) is 0 Å². The molecule has 1 aliphatic rings. The summed E-state index contributed by atoms with van der Waals surface area (Å²) >= 11 is 0. The van der Waals surface area contributed by atoms with Crippen LogP contribution in [0.1, 0.15) is 40.5 Å². The van der Waals surface area contributed by atoms with Gasteiger partial charge in [-0.1, -0.05) is 13.8 Å². The normalized spacial score (nSPS) is 37.7. The zero-order chi connectivity index (χ0) is 11.0. The van der Waals surface area contributed by atoms with Crippen molar-refractivity contribution < 1.29 is 9.59 Å². The van der Waals surface area contributed by atoms with Crippen LogP contribution in [0.2, 0.25) is 0 Å². The minimum absolute atomic E-state index is 0.0936. The van der Waals surface area contributed by atoms with Gasteiger partial charge in [0.2, 0.25) is 11.8 Å². The molecule has 0 aromatic heterocycles. The Morgan fingerprint density at radius 3 is 1.43 bits per heavy atom. The molecule has 1 heterocycles. The van der Waals surface area contributed by atoms with Gasteiger partial charge in [0.1, 0.15) is 11.1 Å². The maximum absolute atomic E-state index is 11.7. The first-order valence-corrected chi connectivity index (χ1v) is 5.03. The van der Waals surface area contributed by atoms with Crippen LogP contribution in [-0.2, 0) is 9.59 Å². The van der Waals surface area contributed by atoms with Crippen LogP contribution in [0.3, 0.4) is 0 Å². The summed E-state index contributed by atoms with van der Waals surface area (Å²) < 4.78 is 0. The standard InChI is InChI=1S/C10H18N2O2/c1-5-9(3)7(13)12-10(4,6-2)8(14)11-9/h5-6H2,1-4H3,(H,11,14)(H,12,13). The fourth-order valence-electron chi connectivity index (χ4n) is 1.39. The Bertz CT molecular complexity index is 249. The first-order valence-electron chi connectivity index (χ1n) is 5.03. The first-order chi connectivity index (χ1) is 6.38. The molecule has 2 amide bonds. The van der Waals surface area contributed by atoms with Gasteiger partial charge in [-0.2, -0.15) is 0 Å². The van der Waals surface area contributed by atoms with Gasteiger partial charge >= 0.3 is 0 Å². The van der Waals surface area contributed by atoms with E-state index in [0.717, 1.165) is 0 Å². The molecule has 0 aromatic carbocycles. The fourth-order valence-corrected chi connectivity index (χ4v) is 1.39. The van der Waals surface area contributed by atoms with Crippen molar-refractivity contribution in [1.82, 2.24) is 10.6 Å². The molecule has 2 N–H and O–H groups in total. The van der Waals surface area contributed by atoms with Gasteiger partial charge in [0, 0.05) is 0 Å². The van der Waals surface area contributed by atoms with Gasteiger partial charge in [0.15, 0.2) is 0 Å². The summed E-state index contributed by atoms with van der Waals surface area (Å²) in [6, 6.07) is 0. The molecule has 0 saturated carbocycles. The van der Waals surface area contributed by atoms with E-state index in [0.29, 0.717) is 12.8 Å². The summed E-state index contributed by atoms with van der Waals surface area (Å²) in [5, 5.41) is 5.57. The second-order valence-corrected chi connectivity index (χ2v) is 4.28. The highest BCUT2D eigenvalue weighted by molar-refractivity contribution is 6.01. The second kappa shape index (κ2) is 3.26. The van der Waals surface area contributed by atoms with Gasteiger partial charge in [-0.25, -0.2) is 0 Å².